The van der Waals surface area contributed by atoms with E-state index in [0.717, 1.165) is 36.4 Å². The van der Waals surface area contributed by atoms with Gasteiger partial charge >= 0.3 is 0 Å². The first-order chi connectivity index (χ1) is 8.70. The summed E-state index contributed by atoms with van der Waals surface area (Å²) in [5, 5.41) is 6.15. The largest absolute Gasteiger partial charge is 0.355 e. The lowest BCUT2D eigenvalue weighted by Crippen LogP contribution is -2.36. The van der Waals surface area contributed by atoms with E-state index in [2.05, 4.69) is 10.3 Å². The zero-order chi connectivity index (χ0) is 13.0. The van der Waals surface area contributed by atoms with Crippen LogP contribution in [0.5, 0.6) is 0 Å². The van der Waals surface area contributed by atoms with Crippen LogP contribution in [0.1, 0.15) is 30.0 Å². The third-order valence-electron chi connectivity index (χ3n) is 3.60. The Balaban J connectivity index is 1.74. The fourth-order valence-corrected chi connectivity index (χ4v) is 3.38. The molecule has 1 heterocycles. The minimum Gasteiger partial charge on any atom is -0.355 e. The zero-order valence-corrected chi connectivity index (χ0v) is 11.6. The molecule has 0 aliphatic heterocycles. The van der Waals surface area contributed by atoms with E-state index >= 15 is 0 Å². The van der Waals surface area contributed by atoms with Crippen molar-refractivity contribution in [2.45, 2.75) is 32.6 Å². The average Bonchev–Trinajstić information content (AvgIpc) is 2.97. The second kappa shape index (κ2) is 6.29. The first kappa shape index (κ1) is 13.5. The first-order valence-electron chi connectivity index (χ1n) is 6.59. The van der Waals surface area contributed by atoms with Crippen molar-refractivity contribution in [1.29, 1.82) is 0 Å². The smallest absolute Gasteiger partial charge is 0.223 e. The second-order valence-electron chi connectivity index (χ2n) is 4.96. The van der Waals surface area contributed by atoms with Gasteiger partial charge in [-0.05, 0) is 32.2 Å². The van der Waals surface area contributed by atoms with E-state index in [1.165, 1.54) is 0 Å². The first-order valence-corrected chi connectivity index (χ1v) is 7.47. The Morgan fingerprint density at radius 2 is 2.44 bits per heavy atom. The Kier molecular flexibility index (Phi) is 4.72. The lowest BCUT2D eigenvalue weighted by molar-refractivity contribution is -0.125. The fraction of sp³-hybridized carbons (Fsp3) is 0.692. The molecule has 18 heavy (non-hydrogen) atoms. The van der Waals surface area contributed by atoms with Gasteiger partial charge in [0.1, 0.15) is 0 Å². The van der Waals surface area contributed by atoms with E-state index in [0.29, 0.717) is 19.0 Å². The molecule has 0 saturated heterocycles. The number of hydrogen-bond acceptors (Lipinski definition) is 4. The molecule has 2 rings (SSSR count). The second-order valence-corrected chi connectivity index (χ2v) is 5.90. The number of aryl methyl sites for hydroxylation is 1. The maximum Gasteiger partial charge on any atom is 0.223 e. The van der Waals surface area contributed by atoms with Crippen molar-refractivity contribution < 1.29 is 4.79 Å². The molecule has 0 bridgehead atoms. The van der Waals surface area contributed by atoms with Crippen LogP contribution in [0, 0.1) is 18.8 Å². The number of carbonyl (C=O) groups excluding carboxylic acids is 1. The van der Waals surface area contributed by atoms with Crippen LogP contribution in [-0.4, -0.2) is 24.0 Å². The molecule has 0 spiro atoms. The quantitative estimate of drug-likeness (QED) is 0.849. The van der Waals surface area contributed by atoms with Crippen molar-refractivity contribution in [1.82, 2.24) is 10.3 Å². The minimum absolute atomic E-state index is 0.132. The molecular formula is C13H21N3OS. The molecular weight excluding hydrogens is 246 g/mol. The molecule has 1 amide bonds. The molecule has 3 N–H and O–H groups in total. The summed E-state index contributed by atoms with van der Waals surface area (Å²) in [4.78, 5) is 16.4. The number of amides is 1. The predicted octanol–water partition coefficient (Wildman–Crippen LogP) is 1.49. The molecule has 2 unspecified atom stereocenters. The summed E-state index contributed by atoms with van der Waals surface area (Å²) in [6.07, 6.45) is 4.04. The predicted molar refractivity (Wildman–Crippen MR) is 73.5 cm³/mol. The highest BCUT2D eigenvalue weighted by atomic mass is 32.1. The van der Waals surface area contributed by atoms with Crippen molar-refractivity contribution in [3.05, 3.63) is 16.1 Å². The molecule has 1 aromatic rings. The topological polar surface area (TPSA) is 68.0 Å². The van der Waals surface area contributed by atoms with Gasteiger partial charge in [0.2, 0.25) is 5.91 Å². The van der Waals surface area contributed by atoms with Crippen LogP contribution in [0.2, 0.25) is 0 Å². The summed E-state index contributed by atoms with van der Waals surface area (Å²) in [6.45, 7) is 3.30. The minimum atomic E-state index is 0.132. The number of thiazole rings is 1. The summed E-state index contributed by atoms with van der Waals surface area (Å²) < 4.78 is 0. The van der Waals surface area contributed by atoms with Crippen LogP contribution < -0.4 is 11.1 Å². The average molecular weight is 267 g/mol. The molecule has 1 fully saturated rings. The highest BCUT2D eigenvalue weighted by Crippen LogP contribution is 2.30. The third kappa shape index (κ3) is 3.29. The molecule has 1 aliphatic carbocycles. The van der Waals surface area contributed by atoms with Crippen molar-refractivity contribution in [3.63, 3.8) is 0 Å². The van der Waals surface area contributed by atoms with Gasteiger partial charge < -0.3 is 11.1 Å². The lowest BCUT2D eigenvalue weighted by Gasteiger charge is -2.17. The Morgan fingerprint density at radius 3 is 3.11 bits per heavy atom. The van der Waals surface area contributed by atoms with Gasteiger partial charge in [0.15, 0.2) is 0 Å². The van der Waals surface area contributed by atoms with E-state index in [1.54, 1.807) is 11.3 Å². The Bertz CT molecular complexity index is 405. The molecule has 2 atom stereocenters. The Hall–Kier alpha value is -0.940. The SMILES string of the molecule is Cc1csc(CCNC(=O)C2CCCC2CN)n1. The highest BCUT2D eigenvalue weighted by molar-refractivity contribution is 7.09. The maximum absolute atomic E-state index is 12.0. The van der Waals surface area contributed by atoms with E-state index in [4.69, 9.17) is 5.73 Å². The van der Waals surface area contributed by atoms with Crippen LogP contribution in [0.4, 0.5) is 0 Å². The molecule has 4 nitrogen and oxygen atoms in total. The summed E-state index contributed by atoms with van der Waals surface area (Å²) in [6, 6.07) is 0. The Morgan fingerprint density at radius 1 is 1.61 bits per heavy atom. The zero-order valence-electron chi connectivity index (χ0n) is 10.8. The fourth-order valence-electron chi connectivity index (χ4n) is 2.61. The molecule has 1 aromatic heterocycles. The van der Waals surface area contributed by atoms with Gasteiger partial charge in [0.05, 0.1) is 5.01 Å². The highest BCUT2D eigenvalue weighted by Gasteiger charge is 2.31. The summed E-state index contributed by atoms with van der Waals surface area (Å²) >= 11 is 1.66. The number of nitrogens with two attached hydrogens (primary N) is 1. The van der Waals surface area contributed by atoms with Gasteiger partial charge in [-0.2, -0.15) is 0 Å². The van der Waals surface area contributed by atoms with Gasteiger partial charge in [-0.1, -0.05) is 6.42 Å². The van der Waals surface area contributed by atoms with Crippen LogP contribution >= 0.6 is 11.3 Å². The summed E-state index contributed by atoms with van der Waals surface area (Å²) in [5.74, 6) is 0.691. The standard InChI is InChI=1S/C13H21N3OS/c1-9-8-18-12(16-9)5-6-15-13(17)11-4-2-3-10(11)7-14/h8,10-11H,2-7,14H2,1H3,(H,15,17). The number of carbonyl (C=O) groups is 1. The van der Waals surface area contributed by atoms with E-state index in [1.807, 2.05) is 12.3 Å². The monoisotopic (exact) mass is 267 g/mol. The Labute approximate surface area is 112 Å². The van der Waals surface area contributed by atoms with E-state index in [9.17, 15) is 4.79 Å². The van der Waals surface area contributed by atoms with Crippen molar-refractivity contribution >= 4 is 17.2 Å². The van der Waals surface area contributed by atoms with Gasteiger partial charge in [-0.3, -0.25) is 4.79 Å². The molecule has 1 aliphatic rings. The van der Waals surface area contributed by atoms with Gasteiger partial charge in [-0.25, -0.2) is 4.98 Å². The van der Waals surface area contributed by atoms with Crippen LogP contribution in [0.3, 0.4) is 0 Å². The van der Waals surface area contributed by atoms with E-state index < -0.39 is 0 Å². The number of aromatic nitrogens is 1. The molecule has 0 aromatic carbocycles. The summed E-state index contributed by atoms with van der Waals surface area (Å²) in [7, 11) is 0. The molecule has 100 valence electrons. The number of hydrogen-bond donors (Lipinski definition) is 2. The number of rotatable bonds is 5. The molecule has 5 heteroatoms. The van der Waals surface area contributed by atoms with Gasteiger partial charge in [0, 0.05) is 30.0 Å². The van der Waals surface area contributed by atoms with Crippen LogP contribution in [0.25, 0.3) is 0 Å². The van der Waals surface area contributed by atoms with Crippen molar-refractivity contribution in [2.75, 3.05) is 13.1 Å². The third-order valence-corrected chi connectivity index (χ3v) is 4.63. The lowest BCUT2D eigenvalue weighted by atomic mass is 9.95. The summed E-state index contributed by atoms with van der Waals surface area (Å²) in [5.41, 5.74) is 6.75. The van der Waals surface area contributed by atoms with Gasteiger partial charge in [0.25, 0.3) is 0 Å². The van der Waals surface area contributed by atoms with Crippen LogP contribution in [0.15, 0.2) is 5.38 Å². The number of nitrogens with zero attached hydrogens (tertiary/aromatic N) is 1. The van der Waals surface area contributed by atoms with Gasteiger partial charge in [-0.15, -0.1) is 11.3 Å². The van der Waals surface area contributed by atoms with Crippen molar-refractivity contribution in [2.24, 2.45) is 17.6 Å². The van der Waals surface area contributed by atoms with Crippen LogP contribution in [-0.2, 0) is 11.2 Å². The van der Waals surface area contributed by atoms with E-state index in [-0.39, 0.29) is 11.8 Å². The molecule has 0 radical (unpaired) electrons. The molecule has 1 saturated carbocycles. The number of nitrogens with one attached hydrogen (secondary N) is 1. The normalized spacial score (nSPS) is 23.2. The van der Waals surface area contributed by atoms with Crippen molar-refractivity contribution in [3.8, 4) is 0 Å². The maximum atomic E-state index is 12.0.